The van der Waals surface area contributed by atoms with E-state index >= 15 is 0 Å². The third-order valence-corrected chi connectivity index (χ3v) is 4.17. The van der Waals surface area contributed by atoms with E-state index < -0.39 is 0 Å². The summed E-state index contributed by atoms with van der Waals surface area (Å²) < 4.78 is 0. The number of aromatic amines is 1. The van der Waals surface area contributed by atoms with Gasteiger partial charge < -0.3 is 10.3 Å². The van der Waals surface area contributed by atoms with Gasteiger partial charge in [-0.15, -0.1) is 0 Å². The predicted molar refractivity (Wildman–Crippen MR) is 75.4 cm³/mol. The lowest BCUT2D eigenvalue weighted by Gasteiger charge is -2.12. The third kappa shape index (κ3) is 4.09. The van der Waals surface area contributed by atoms with E-state index in [-0.39, 0.29) is 16.7 Å². The largest absolute Gasteiger partial charge is 0.355 e. The Labute approximate surface area is 116 Å². The topological polar surface area (TPSA) is 74.8 Å². The van der Waals surface area contributed by atoms with Gasteiger partial charge in [0.25, 0.3) is 5.56 Å². The van der Waals surface area contributed by atoms with Crippen LogP contribution in [0.1, 0.15) is 38.3 Å². The lowest BCUT2D eigenvalue weighted by Crippen LogP contribution is -2.31. The highest BCUT2D eigenvalue weighted by molar-refractivity contribution is 8.00. The van der Waals surface area contributed by atoms with E-state index in [1.165, 1.54) is 17.8 Å². The Morgan fingerprint density at radius 2 is 2.26 bits per heavy atom. The van der Waals surface area contributed by atoms with Gasteiger partial charge in [-0.1, -0.05) is 31.5 Å². The van der Waals surface area contributed by atoms with E-state index in [4.69, 9.17) is 0 Å². The third-order valence-electron chi connectivity index (χ3n) is 3.02. The van der Waals surface area contributed by atoms with Crippen molar-refractivity contribution in [3.63, 3.8) is 0 Å². The van der Waals surface area contributed by atoms with Crippen molar-refractivity contribution in [2.45, 2.75) is 49.4 Å². The molecule has 1 atom stereocenters. The number of thioether (sulfide) groups is 1. The Balaban J connectivity index is 2.12. The van der Waals surface area contributed by atoms with E-state index in [1.54, 1.807) is 0 Å². The first-order valence-corrected chi connectivity index (χ1v) is 7.61. The summed E-state index contributed by atoms with van der Waals surface area (Å²) in [7, 11) is 0. The maximum Gasteiger partial charge on any atom is 0.251 e. The highest BCUT2D eigenvalue weighted by atomic mass is 32.2. The summed E-state index contributed by atoms with van der Waals surface area (Å²) in [6.45, 7) is 2.80. The molecule has 5 nitrogen and oxygen atoms in total. The van der Waals surface area contributed by atoms with Gasteiger partial charge in [0, 0.05) is 18.3 Å². The van der Waals surface area contributed by atoms with Gasteiger partial charge in [0.2, 0.25) is 5.91 Å². The van der Waals surface area contributed by atoms with Crippen molar-refractivity contribution in [3.8, 4) is 0 Å². The average Bonchev–Trinajstić information content (AvgIpc) is 2.55. The Morgan fingerprint density at radius 1 is 1.42 bits per heavy atom. The van der Waals surface area contributed by atoms with Crippen LogP contribution in [-0.2, 0) is 11.2 Å². The Bertz CT molecular complexity index is 501. The maximum atomic E-state index is 11.9. The number of hydrogen-bond acceptors (Lipinski definition) is 4. The summed E-state index contributed by atoms with van der Waals surface area (Å²) >= 11 is 1.36. The van der Waals surface area contributed by atoms with Crippen molar-refractivity contribution < 1.29 is 4.79 Å². The van der Waals surface area contributed by atoms with Crippen LogP contribution in [0.4, 0.5) is 0 Å². The zero-order chi connectivity index (χ0) is 13.7. The van der Waals surface area contributed by atoms with Crippen molar-refractivity contribution in [3.05, 3.63) is 22.1 Å². The SMILES string of the molecule is CCCc1cc(=O)[nH]c(SC2CCCCNC2=O)n1. The van der Waals surface area contributed by atoms with Gasteiger partial charge in [0.1, 0.15) is 0 Å². The fraction of sp³-hybridized carbons (Fsp3) is 0.615. The van der Waals surface area contributed by atoms with Gasteiger partial charge in [-0.25, -0.2) is 4.98 Å². The second-order valence-corrected chi connectivity index (χ2v) is 5.88. The van der Waals surface area contributed by atoms with Crippen molar-refractivity contribution in [2.75, 3.05) is 6.54 Å². The molecule has 0 spiro atoms. The lowest BCUT2D eigenvalue weighted by molar-refractivity contribution is -0.120. The standard InChI is InChI=1S/C13H19N3O2S/c1-2-5-9-8-11(17)16-13(15-9)19-10-6-3-4-7-14-12(10)18/h8,10H,2-7H2,1H3,(H,14,18)(H,15,16,17). The number of nitrogens with one attached hydrogen (secondary N) is 2. The molecule has 0 bridgehead atoms. The maximum absolute atomic E-state index is 11.9. The number of carbonyl (C=O) groups excluding carboxylic acids is 1. The molecular formula is C13H19N3O2S. The summed E-state index contributed by atoms with van der Waals surface area (Å²) in [5, 5.41) is 3.29. The van der Waals surface area contributed by atoms with E-state index in [1.807, 2.05) is 0 Å². The molecule has 2 rings (SSSR count). The molecule has 1 amide bonds. The zero-order valence-electron chi connectivity index (χ0n) is 11.1. The summed E-state index contributed by atoms with van der Waals surface area (Å²) in [5.74, 6) is 0.0473. The molecule has 1 aliphatic rings. The molecule has 1 aromatic rings. The number of rotatable bonds is 4. The number of carbonyl (C=O) groups is 1. The molecule has 2 heterocycles. The molecule has 19 heavy (non-hydrogen) atoms. The number of nitrogens with zero attached hydrogens (tertiary/aromatic N) is 1. The highest BCUT2D eigenvalue weighted by Crippen LogP contribution is 2.24. The number of H-pyrrole nitrogens is 1. The normalized spacial score (nSPS) is 19.8. The lowest BCUT2D eigenvalue weighted by atomic mass is 10.2. The molecule has 1 aliphatic heterocycles. The molecule has 1 unspecified atom stereocenters. The Kier molecular flexibility index (Phi) is 5.01. The van der Waals surface area contributed by atoms with Gasteiger partial charge in [0.15, 0.2) is 5.16 Å². The second-order valence-electron chi connectivity index (χ2n) is 4.69. The van der Waals surface area contributed by atoms with Crippen LogP contribution in [0.2, 0.25) is 0 Å². The molecule has 0 saturated carbocycles. The fourth-order valence-corrected chi connectivity index (χ4v) is 3.16. The quantitative estimate of drug-likeness (QED) is 0.820. The molecule has 6 heteroatoms. The minimum atomic E-state index is -0.150. The molecular weight excluding hydrogens is 262 g/mol. The van der Waals surface area contributed by atoms with Gasteiger partial charge >= 0.3 is 0 Å². The minimum absolute atomic E-state index is 0.0473. The Morgan fingerprint density at radius 3 is 3.05 bits per heavy atom. The van der Waals surface area contributed by atoms with E-state index in [0.717, 1.165) is 44.3 Å². The molecule has 0 radical (unpaired) electrons. The van der Waals surface area contributed by atoms with Gasteiger partial charge in [0.05, 0.1) is 5.25 Å². The van der Waals surface area contributed by atoms with Crippen molar-refractivity contribution in [2.24, 2.45) is 0 Å². The van der Waals surface area contributed by atoms with E-state index in [2.05, 4.69) is 22.2 Å². The van der Waals surface area contributed by atoms with Gasteiger partial charge in [-0.05, 0) is 19.3 Å². The van der Waals surface area contributed by atoms with Crippen LogP contribution >= 0.6 is 11.8 Å². The first kappa shape index (κ1) is 14.1. The van der Waals surface area contributed by atoms with Crippen LogP contribution in [0, 0.1) is 0 Å². The monoisotopic (exact) mass is 281 g/mol. The van der Waals surface area contributed by atoms with Gasteiger partial charge in [-0.2, -0.15) is 0 Å². The molecule has 0 aliphatic carbocycles. The van der Waals surface area contributed by atoms with Crippen LogP contribution in [0.25, 0.3) is 0 Å². The molecule has 1 saturated heterocycles. The molecule has 1 fully saturated rings. The molecule has 0 aromatic carbocycles. The van der Waals surface area contributed by atoms with Crippen molar-refractivity contribution in [1.29, 1.82) is 0 Å². The van der Waals surface area contributed by atoms with E-state index in [9.17, 15) is 9.59 Å². The van der Waals surface area contributed by atoms with Crippen LogP contribution in [0.15, 0.2) is 16.0 Å². The number of amides is 1. The van der Waals surface area contributed by atoms with Crippen LogP contribution < -0.4 is 10.9 Å². The van der Waals surface area contributed by atoms with Gasteiger partial charge in [-0.3, -0.25) is 9.59 Å². The number of aryl methyl sites for hydroxylation is 1. The fourth-order valence-electron chi connectivity index (χ4n) is 2.08. The smallest absolute Gasteiger partial charge is 0.251 e. The Hall–Kier alpha value is -1.30. The van der Waals surface area contributed by atoms with E-state index in [0.29, 0.717) is 5.16 Å². The van der Waals surface area contributed by atoms with Crippen LogP contribution in [0.5, 0.6) is 0 Å². The second kappa shape index (κ2) is 6.75. The molecule has 1 aromatic heterocycles. The summed E-state index contributed by atoms with van der Waals surface area (Å²) in [4.78, 5) is 30.6. The molecule has 2 N–H and O–H groups in total. The van der Waals surface area contributed by atoms with Crippen LogP contribution in [0.3, 0.4) is 0 Å². The first-order chi connectivity index (χ1) is 9.19. The predicted octanol–water partition coefficient (Wildman–Crippen LogP) is 1.48. The molecule has 104 valence electrons. The minimum Gasteiger partial charge on any atom is -0.355 e. The summed E-state index contributed by atoms with van der Waals surface area (Å²) in [6.07, 6.45) is 4.61. The summed E-state index contributed by atoms with van der Waals surface area (Å²) in [5.41, 5.74) is 0.651. The number of hydrogen-bond donors (Lipinski definition) is 2. The average molecular weight is 281 g/mol. The van der Waals surface area contributed by atoms with Crippen molar-refractivity contribution in [1.82, 2.24) is 15.3 Å². The number of aromatic nitrogens is 2. The zero-order valence-corrected chi connectivity index (χ0v) is 11.9. The van der Waals surface area contributed by atoms with Crippen molar-refractivity contribution >= 4 is 17.7 Å². The first-order valence-electron chi connectivity index (χ1n) is 6.73. The summed E-state index contributed by atoms with van der Waals surface area (Å²) in [6, 6.07) is 1.53. The van der Waals surface area contributed by atoms with Crippen LogP contribution in [-0.4, -0.2) is 27.7 Å². The highest BCUT2D eigenvalue weighted by Gasteiger charge is 2.22.